The highest BCUT2D eigenvalue weighted by Gasteiger charge is 2.36. The number of hydrogen-bond donors (Lipinski definition) is 1. The van der Waals surface area contributed by atoms with Crippen molar-refractivity contribution >= 4 is 11.8 Å². The molecule has 5 heteroatoms. The summed E-state index contributed by atoms with van der Waals surface area (Å²) in [6.07, 6.45) is 4.95. The molecular weight excluding hydrogens is 398 g/mol. The predicted octanol–water partition coefficient (Wildman–Crippen LogP) is 4.02. The molecule has 2 saturated heterocycles. The van der Waals surface area contributed by atoms with Gasteiger partial charge in [-0.05, 0) is 62.3 Å². The van der Waals surface area contributed by atoms with Gasteiger partial charge in [-0.25, -0.2) is 0 Å². The molecule has 2 amide bonds. The van der Waals surface area contributed by atoms with Crippen LogP contribution in [0.25, 0.3) is 0 Å². The smallest absolute Gasteiger partial charge is 0.251 e. The van der Waals surface area contributed by atoms with Crippen LogP contribution in [0.1, 0.15) is 53.6 Å². The Labute approximate surface area is 191 Å². The molecule has 5 nitrogen and oxygen atoms in total. The van der Waals surface area contributed by atoms with E-state index in [4.69, 9.17) is 0 Å². The Morgan fingerprint density at radius 1 is 0.969 bits per heavy atom. The largest absolute Gasteiger partial charge is 0.352 e. The summed E-state index contributed by atoms with van der Waals surface area (Å²) in [5.74, 6) is 0.621. The molecule has 0 unspecified atom stereocenters. The lowest BCUT2D eigenvalue weighted by Gasteiger charge is -2.39. The van der Waals surface area contributed by atoms with Crippen molar-refractivity contribution in [3.05, 3.63) is 71.3 Å². The summed E-state index contributed by atoms with van der Waals surface area (Å²) < 4.78 is 0. The summed E-state index contributed by atoms with van der Waals surface area (Å²) in [6.45, 7) is 6.36. The molecule has 0 spiro atoms. The van der Waals surface area contributed by atoms with E-state index in [1.54, 1.807) is 0 Å². The van der Waals surface area contributed by atoms with Crippen LogP contribution in [0.3, 0.4) is 0 Å². The number of likely N-dealkylation sites (tertiary alicyclic amines) is 2. The monoisotopic (exact) mass is 433 g/mol. The first-order valence-corrected chi connectivity index (χ1v) is 12.0. The number of rotatable bonds is 7. The maximum atomic E-state index is 13.0. The van der Waals surface area contributed by atoms with Gasteiger partial charge in [-0.15, -0.1) is 0 Å². The minimum atomic E-state index is -0.0993. The van der Waals surface area contributed by atoms with Gasteiger partial charge < -0.3 is 10.2 Å². The Morgan fingerprint density at radius 3 is 2.53 bits per heavy atom. The first kappa shape index (κ1) is 22.5. The van der Waals surface area contributed by atoms with E-state index < -0.39 is 0 Å². The minimum Gasteiger partial charge on any atom is -0.352 e. The average molecular weight is 434 g/mol. The molecule has 0 aliphatic carbocycles. The summed E-state index contributed by atoms with van der Waals surface area (Å²) >= 11 is 0. The number of nitrogens with one attached hydrogen (secondary N) is 1. The maximum absolute atomic E-state index is 13.0. The highest BCUT2D eigenvalue weighted by Crippen LogP contribution is 2.31. The maximum Gasteiger partial charge on any atom is 0.251 e. The highest BCUT2D eigenvalue weighted by atomic mass is 16.2. The summed E-state index contributed by atoms with van der Waals surface area (Å²) in [4.78, 5) is 30.1. The van der Waals surface area contributed by atoms with Gasteiger partial charge in [-0.1, -0.05) is 48.5 Å². The van der Waals surface area contributed by atoms with Gasteiger partial charge in [0.15, 0.2) is 0 Å². The molecule has 1 N–H and O–H groups in total. The molecule has 2 atom stereocenters. The summed E-state index contributed by atoms with van der Waals surface area (Å²) in [6, 6.07) is 18.6. The lowest BCUT2D eigenvalue weighted by atomic mass is 9.88. The second-order valence-electron chi connectivity index (χ2n) is 9.24. The number of benzene rings is 2. The van der Waals surface area contributed by atoms with Crippen molar-refractivity contribution in [2.24, 2.45) is 5.92 Å². The number of aryl methyl sites for hydroxylation is 1. The average Bonchev–Trinajstić information content (AvgIpc) is 3.30. The zero-order valence-corrected chi connectivity index (χ0v) is 19.1. The van der Waals surface area contributed by atoms with Crippen molar-refractivity contribution in [3.63, 3.8) is 0 Å². The number of carbonyl (C=O) groups is 2. The van der Waals surface area contributed by atoms with Gasteiger partial charge in [0.2, 0.25) is 5.91 Å². The molecule has 2 aromatic rings. The lowest BCUT2D eigenvalue weighted by Crippen LogP contribution is -2.47. The van der Waals surface area contributed by atoms with Crippen LogP contribution in [0.4, 0.5) is 0 Å². The van der Waals surface area contributed by atoms with Crippen LogP contribution < -0.4 is 5.32 Å². The van der Waals surface area contributed by atoms with Gasteiger partial charge in [0.1, 0.15) is 0 Å². The first-order valence-electron chi connectivity index (χ1n) is 12.0. The SMILES string of the molecule is Cc1ccccc1C(=O)NCCC(=O)N1CCC[C@@H]1[C@H]1CCCN(Cc2ccccc2)C1. The fraction of sp³-hybridized carbons (Fsp3) is 0.481. The lowest BCUT2D eigenvalue weighted by molar-refractivity contribution is -0.133. The summed E-state index contributed by atoms with van der Waals surface area (Å²) in [5, 5.41) is 2.93. The van der Waals surface area contributed by atoms with Crippen LogP contribution in [-0.2, 0) is 11.3 Å². The van der Waals surface area contributed by atoms with Crippen LogP contribution >= 0.6 is 0 Å². The van der Waals surface area contributed by atoms with Gasteiger partial charge in [0.25, 0.3) is 5.91 Å². The standard InChI is InChI=1S/C27H35N3O2/c1-21-9-5-6-13-24(21)27(32)28-16-15-26(31)30-18-8-14-25(30)23-12-7-17-29(20-23)19-22-10-3-2-4-11-22/h2-6,9-11,13,23,25H,7-8,12,14-20H2,1H3,(H,28,32)/t23-,25+/m0/s1. The Kier molecular flexibility index (Phi) is 7.59. The van der Waals surface area contributed by atoms with Crippen molar-refractivity contribution < 1.29 is 9.59 Å². The molecule has 2 heterocycles. The van der Waals surface area contributed by atoms with Gasteiger partial charge >= 0.3 is 0 Å². The second-order valence-corrected chi connectivity index (χ2v) is 9.24. The number of piperidine rings is 1. The second kappa shape index (κ2) is 10.8. The summed E-state index contributed by atoms with van der Waals surface area (Å²) in [5.41, 5.74) is 2.99. The van der Waals surface area contributed by atoms with E-state index in [0.717, 1.165) is 44.6 Å². The van der Waals surface area contributed by atoms with Crippen molar-refractivity contribution in [3.8, 4) is 0 Å². The van der Waals surface area contributed by atoms with Crippen LogP contribution in [0, 0.1) is 12.8 Å². The van der Waals surface area contributed by atoms with E-state index in [1.807, 2.05) is 31.2 Å². The van der Waals surface area contributed by atoms with Gasteiger partial charge in [-0.2, -0.15) is 0 Å². The number of nitrogens with zero attached hydrogens (tertiary/aromatic N) is 2. The Bertz CT molecular complexity index is 914. The molecule has 0 bridgehead atoms. The first-order chi connectivity index (χ1) is 15.6. The number of amides is 2. The third-order valence-electron chi connectivity index (χ3n) is 6.97. The third kappa shape index (κ3) is 5.57. The van der Waals surface area contributed by atoms with Crippen LogP contribution in [0.5, 0.6) is 0 Å². The fourth-order valence-corrected chi connectivity index (χ4v) is 5.33. The Balaban J connectivity index is 1.28. The third-order valence-corrected chi connectivity index (χ3v) is 6.97. The molecular formula is C27H35N3O2. The van der Waals surface area contributed by atoms with Gasteiger partial charge in [0.05, 0.1) is 0 Å². The zero-order valence-electron chi connectivity index (χ0n) is 19.1. The Morgan fingerprint density at radius 2 is 1.72 bits per heavy atom. The predicted molar refractivity (Wildman–Crippen MR) is 127 cm³/mol. The van der Waals surface area contributed by atoms with Crippen LogP contribution in [0.15, 0.2) is 54.6 Å². The molecule has 0 saturated carbocycles. The molecule has 2 aliphatic rings. The van der Waals surface area contributed by atoms with Crippen molar-refractivity contribution in [2.45, 2.75) is 51.6 Å². The highest BCUT2D eigenvalue weighted by molar-refractivity contribution is 5.95. The number of hydrogen-bond acceptors (Lipinski definition) is 3. The molecule has 170 valence electrons. The zero-order chi connectivity index (χ0) is 22.3. The van der Waals surface area contributed by atoms with E-state index in [9.17, 15) is 9.59 Å². The number of carbonyl (C=O) groups excluding carboxylic acids is 2. The quantitative estimate of drug-likeness (QED) is 0.718. The van der Waals surface area contributed by atoms with Crippen LogP contribution in [0.2, 0.25) is 0 Å². The van der Waals surface area contributed by atoms with E-state index in [2.05, 4.69) is 45.4 Å². The molecule has 2 aliphatic heterocycles. The molecule has 2 fully saturated rings. The van der Waals surface area contributed by atoms with E-state index in [1.165, 1.54) is 18.4 Å². The van der Waals surface area contributed by atoms with Crippen molar-refractivity contribution in [2.75, 3.05) is 26.2 Å². The van der Waals surface area contributed by atoms with Gasteiger partial charge in [0, 0.05) is 44.2 Å². The molecule has 0 radical (unpaired) electrons. The molecule has 2 aromatic carbocycles. The van der Waals surface area contributed by atoms with Crippen molar-refractivity contribution in [1.82, 2.24) is 15.1 Å². The van der Waals surface area contributed by atoms with E-state index in [0.29, 0.717) is 30.5 Å². The molecule has 0 aromatic heterocycles. The topological polar surface area (TPSA) is 52.7 Å². The normalized spacial score (nSPS) is 21.5. The van der Waals surface area contributed by atoms with Crippen LogP contribution in [-0.4, -0.2) is 53.8 Å². The van der Waals surface area contributed by atoms with E-state index >= 15 is 0 Å². The Hall–Kier alpha value is -2.66. The molecule has 32 heavy (non-hydrogen) atoms. The fourth-order valence-electron chi connectivity index (χ4n) is 5.33. The minimum absolute atomic E-state index is 0.0993. The van der Waals surface area contributed by atoms with Gasteiger partial charge in [-0.3, -0.25) is 14.5 Å². The summed E-state index contributed by atoms with van der Waals surface area (Å²) in [7, 11) is 0. The van der Waals surface area contributed by atoms with E-state index in [-0.39, 0.29) is 11.8 Å². The van der Waals surface area contributed by atoms with Crippen molar-refractivity contribution in [1.29, 1.82) is 0 Å². The molecule has 4 rings (SSSR count).